The maximum Gasteiger partial charge on any atom is 0.236 e. The molecule has 1 amide bonds. The number of carbonyl (C=O) groups excluding carboxylic acids is 1. The van der Waals surface area contributed by atoms with Crippen molar-refractivity contribution >= 4 is 30.7 Å². The molecule has 1 aliphatic rings. The first-order valence-corrected chi connectivity index (χ1v) is 9.02. The summed E-state index contributed by atoms with van der Waals surface area (Å²) in [4.78, 5) is 17.0. The van der Waals surface area contributed by atoms with E-state index in [4.69, 9.17) is 0 Å². The van der Waals surface area contributed by atoms with Crippen LogP contribution < -0.4 is 5.32 Å². The Bertz CT molecular complexity index is 628. The van der Waals surface area contributed by atoms with Gasteiger partial charge in [0.1, 0.15) is 0 Å². The molecule has 2 aromatic carbocycles. The van der Waals surface area contributed by atoms with Gasteiger partial charge in [0.05, 0.1) is 6.54 Å². The lowest BCUT2D eigenvalue weighted by atomic mass is 10.1. The molecule has 0 bridgehead atoms. The third kappa shape index (κ3) is 7.51. The summed E-state index contributed by atoms with van der Waals surface area (Å²) >= 11 is 0. The summed E-state index contributed by atoms with van der Waals surface area (Å²) < 4.78 is 0. The molecule has 1 aliphatic heterocycles. The molecule has 148 valence electrons. The third-order valence-electron chi connectivity index (χ3n) is 4.58. The first-order valence-electron chi connectivity index (χ1n) is 9.02. The summed E-state index contributed by atoms with van der Waals surface area (Å²) in [6, 6.07) is 21.1. The van der Waals surface area contributed by atoms with Crippen molar-refractivity contribution in [1.82, 2.24) is 15.1 Å². The number of nitrogens with one attached hydrogen (secondary N) is 1. The summed E-state index contributed by atoms with van der Waals surface area (Å²) in [6.07, 6.45) is 0. The Labute approximate surface area is 174 Å². The highest BCUT2D eigenvalue weighted by molar-refractivity contribution is 5.85. The monoisotopic (exact) mass is 409 g/mol. The molecule has 1 atom stereocenters. The standard InChI is InChI=1S/C21H27N3O.2ClH/c1-18-14-24(13-12-22-18)21(25)17-23(15-19-8-4-2-5-9-19)16-20-10-6-3-7-11-20;;/h2-11,18,22H,12-17H2,1H3;2*1H. The summed E-state index contributed by atoms with van der Waals surface area (Å²) in [6.45, 7) is 6.62. The molecular formula is C21H29Cl2N3O. The minimum atomic E-state index is 0. The van der Waals surface area contributed by atoms with Gasteiger partial charge in [-0.3, -0.25) is 9.69 Å². The maximum atomic E-state index is 12.8. The maximum absolute atomic E-state index is 12.8. The summed E-state index contributed by atoms with van der Waals surface area (Å²) in [5.41, 5.74) is 2.47. The lowest BCUT2D eigenvalue weighted by molar-refractivity contribution is -0.133. The van der Waals surface area contributed by atoms with Gasteiger partial charge in [-0.05, 0) is 18.1 Å². The van der Waals surface area contributed by atoms with Crippen LogP contribution in [0.3, 0.4) is 0 Å². The summed E-state index contributed by atoms with van der Waals surface area (Å²) in [7, 11) is 0. The average Bonchev–Trinajstić information content (AvgIpc) is 2.63. The van der Waals surface area contributed by atoms with Crippen LogP contribution in [0.2, 0.25) is 0 Å². The van der Waals surface area contributed by atoms with Gasteiger partial charge in [-0.15, -0.1) is 24.8 Å². The molecule has 2 aromatic rings. The average molecular weight is 410 g/mol. The predicted octanol–water partition coefficient (Wildman–Crippen LogP) is 3.35. The number of hydrogen-bond acceptors (Lipinski definition) is 3. The molecule has 27 heavy (non-hydrogen) atoms. The van der Waals surface area contributed by atoms with Crippen LogP contribution >= 0.6 is 24.8 Å². The molecule has 1 unspecified atom stereocenters. The molecule has 0 spiro atoms. The van der Waals surface area contributed by atoms with Gasteiger partial charge in [0, 0.05) is 38.8 Å². The van der Waals surface area contributed by atoms with E-state index in [2.05, 4.69) is 65.7 Å². The van der Waals surface area contributed by atoms with E-state index in [1.807, 2.05) is 17.0 Å². The van der Waals surface area contributed by atoms with E-state index in [9.17, 15) is 4.79 Å². The zero-order valence-electron chi connectivity index (χ0n) is 15.7. The van der Waals surface area contributed by atoms with E-state index in [-0.39, 0.29) is 30.7 Å². The Kier molecular flexibility index (Phi) is 10.4. The molecular weight excluding hydrogens is 381 g/mol. The lowest BCUT2D eigenvalue weighted by Gasteiger charge is -2.33. The highest BCUT2D eigenvalue weighted by Crippen LogP contribution is 2.11. The Morgan fingerprint density at radius 3 is 2.00 bits per heavy atom. The van der Waals surface area contributed by atoms with Crippen LogP contribution in [0.25, 0.3) is 0 Å². The largest absolute Gasteiger partial charge is 0.339 e. The first kappa shape index (κ1) is 23.4. The topological polar surface area (TPSA) is 35.6 Å². The second-order valence-corrected chi connectivity index (χ2v) is 6.81. The Morgan fingerprint density at radius 1 is 1.00 bits per heavy atom. The van der Waals surface area contributed by atoms with E-state index < -0.39 is 0 Å². The summed E-state index contributed by atoms with van der Waals surface area (Å²) in [5, 5.41) is 3.39. The number of rotatable bonds is 6. The zero-order chi connectivity index (χ0) is 17.5. The van der Waals surface area contributed by atoms with Crippen molar-refractivity contribution in [3.63, 3.8) is 0 Å². The van der Waals surface area contributed by atoms with E-state index >= 15 is 0 Å². The number of halogens is 2. The van der Waals surface area contributed by atoms with Crippen LogP contribution in [0.4, 0.5) is 0 Å². The molecule has 0 aromatic heterocycles. The molecule has 1 N–H and O–H groups in total. The molecule has 6 heteroatoms. The number of amides is 1. The van der Waals surface area contributed by atoms with Crippen molar-refractivity contribution < 1.29 is 4.79 Å². The van der Waals surface area contributed by atoms with Gasteiger partial charge in [-0.25, -0.2) is 0 Å². The van der Waals surface area contributed by atoms with Crippen LogP contribution in [-0.2, 0) is 17.9 Å². The quantitative estimate of drug-likeness (QED) is 0.794. The smallest absolute Gasteiger partial charge is 0.236 e. The molecule has 4 nitrogen and oxygen atoms in total. The number of piperazine rings is 1. The van der Waals surface area contributed by atoms with Gasteiger partial charge >= 0.3 is 0 Å². The number of hydrogen-bond donors (Lipinski definition) is 1. The SMILES string of the molecule is CC1CN(C(=O)CN(Cc2ccccc2)Cc2ccccc2)CCN1.Cl.Cl. The van der Waals surface area contributed by atoms with Crippen molar-refractivity contribution in [3.8, 4) is 0 Å². The molecule has 1 heterocycles. The predicted molar refractivity (Wildman–Crippen MR) is 116 cm³/mol. The van der Waals surface area contributed by atoms with Gasteiger partial charge in [-0.2, -0.15) is 0 Å². The number of benzene rings is 2. The van der Waals surface area contributed by atoms with E-state index in [1.54, 1.807) is 0 Å². The minimum absolute atomic E-state index is 0. The third-order valence-corrected chi connectivity index (χ3v) is 4.58. The van der Waals surface area contributed by atoms with Crippen LogP contribution in [0, 0.1) is 0 Å². The highest BCUT2D eigenvalue weighted by atomic mass is 35.5. The highest BCUT2D eigenvalue weighted by Gasteiger charge is 2.22. The molecule has 1 saturated heterocycles. The Morgan fingerprint density at radius 2 is 1.52 bits per heavy atom. The van der Waals surface area contributed by atoms with Crippen molar-refractivity contribution in [2.45, 2.75) is 26.1 Å². The van der Waals surface area contributed by atoms with Gasteiger partial charge < -0.3 is 10.2 Å². The van der Waals surface area contributed by atoms with E-state index in [0.717, 1.165) is 32.7 Å². The molecule has 0 saturated carbocycles. The van der Waals surface area contributed by atoms with Crippen molar-refractivity contribution in [2.75, 3.05) is 26.2 Å². The fourth-order valence-electron chi connectivity index (χ4n) is 3.30. The second-order valence-electron chi connectivity index (χ2n) is 6.81. The Hall–Kier alpha value is -1.59. The number of nitrogens with zero attached hydrogens (tertiary/aromatic N) is 2. The van der Waals surface area contributed by atoms with Gasteiger partial charge in [-0.1, -0.05) is 60.7 Å². The fraction of sp³-hybridized carbons (Fsp3) is 0.381. The van der Waals surface area contributed by atoms with Crippen LogP contribution in [-0.4, -0.2) is 47.9 Å². The van der Waals surface area contributed by atoms with E-state index in [1.165, 1.54) is 11.1 Å². The van der Waals surface area contributed by atoms with Crippen molar-refractivity contribution in [3.05, 3.63) is 71.8 Å². The van der Waals surface area contributed by atoms with Crippen molar-refractivity contribution in [2.24, 2.45) is 0 Å². The molecule has 0 aliphatic carbocycles. The van der Waals surface area contributed by atoms with Gasteiger partial charge in [0.15, 0.2) is 0 Å². The zero-order valence-corrected chi connectivity index (χ0v) is 17.3. The second kappa shape index (κ2) is 12.0. The molecule has 1 fully saturated rings. The van der Waals surface area contributed by atoms with Gasteiger partial charge in [0.2, 0.25) is 5.91 Å². The van der Waals surface area contributed by atoms with E-state index in [0.29, 0.717) is 12.6 Å². The number of carbonyl (C=O) groups is 1. The lowest BCUT2D eigenvalue weighted by Crippen LogP contribution is -2.53. The van der Waals surface area contributed by atoms with Crippen LogP contribution in [0.15, 0.2) is 60.7 Å². The van der Waals surface area contributed by atoms with Crippen molar-refractivity contribution in [1.29, 1.82) is 0 Å². The Balaban J connectivity index is 0.00000182. The molecule has 3 rings (SSSR count). The van der Waals surface area contributed by atoms with Crippen LogP contribution in [0.5, 0.6) is 0 Å². The normalized spacial score (nSPS) is 16.4. The van der Waals surface area contributed by atoms with Crippen LogP contribution in [0.1, 0.15) is 18.1 Å². The first-order chi connectivity index (χ1) is 12.2. The fourth-order valence-corrected chi connectivity index (χ4v) is 3.30. The minimum Gasteiger partial charge on any atom is -0.339 e. The molecule has 0 radical (unpaired) electrons. The summed E-state index contributed by atoms with van der Waals surface area (Å²) in [5.74, 6) is 0.222. The van der Waals surface area contributed by atoms with Gasteiger partial charge in [0.25, 0.3) is 0 Å².